The Balaban J connectivity index is 2.82. The van der Waals surface area contributed by atoms with Crippen molar-refractivity contribution < 1.29 is 4.74 Å². The monoisotopic (exact) mass is 304 g/mol. The van der Waals surface area contributed by atoms with Crippen LogP contribution in [0.25, 0.3) is 0 Å². The lowest BCUT2D eigenvalue weighted by Gasteiger charge is -2.35. The lowest BCUT2D eigenvalue weighted by molar-refractivity contribution is 0.248. The molecule has 0 aromatic carbocycles. The van der Waals surface area contributed by atoms with Crippen molar-refractivity contribution in [1.29, 1.82) is 0 Å². The highest BCUT2D eigenvalue weighted by Gasteiger charge is 2.18. The summed E-state index contributed by atoms with van der Waals surface area (Å²) in [5, 5.41) is 4.17. The minimum absolute atomic E-state index is 0.426. The maximum atomic E-state index is 6.18. The van der Waals surface area contributed by atoms with Crippen LogP contribution in [0.2, 0.25) is 0 Å². The zero-order chi connectivity index (χ0) is 14.3. The summed E-state index contributed by atoms with van der Waals surface area (Å²) in [7, 11) is 1.62. The van der Waals surface area contributed by atoms with Crippen molar-refractivity contribution in [3.63, 3.8) is 0 Å². The number of piperazine rings is 1. The highest BCUT2D eigenvalue weighted by Crippen LogP contribution is 2.21. The number of nitrogens with zero attached hydrogens (tertiary/aromatic N) is 1. The molecule has 1 heterocycles. The second-order valence-electron chi connectivity index (χ2n) is 4.59. The molecule has 0 bridgehead atoms. The topological polar surface area (TPSA) is 24.5 Å². The summed E-state index contributed by atoms with van der Waals surface area (Å²) in [5.41, 5.74) is 1.12. The molecule has 1 fully saturated rings. The van der Waals surface area contributed by atoms with Gasteiger partial charge in [-0.15, -0.1) is 11.6 Å². The SMILES string of the molecule is C=C(/C=C(\C/C(Cl)=C\CCl)N1CCNC(C)C1)OC. The van der Waals surface area contributed by atoms with Crippen LogP contribution in [0.3, 0.4) is 0 Å². The average Bonchev–Trinajstić information content (AvgIpc) is 2.38. The van der Waals surface area contributed by atoms with Crippen LogP contribution in [0, 0.1) is 0 Å². The van der Waals surface area contributed by atoms with Gasteiger partial charge < -0.3 is 15.0 Å². The molecule has 0 radical (unpaired) electrons. The number of ether oxygens (including phenoxy) is 1. The molecule has 1 atom stereocenters. The van der Waals surface area contributed by atoms with Crippen LogP contribution >= 0.6 is 23.2 Å². The van der Waals surface area contributed by atoms with Crippen LogP contribution in [0.5, 0.6) is 0 Å². The third-order valence-corrected chi connectivity index (χ3v) is 3.46. The van der Waals surface area contributed by atoms with Crippen molar-refractivity contribution in [3.05, 3.63) is 35.2 Å². The molecular weight excluding hydrogens is 283 g/mol. The molecule has 3 nitrogen and oxygen atoms in total. The van der Waals surface area contributed by atoms with Gasteiger partial charge in [0.15, 0.2) is 0 Å². The molecule has 0 aromatic rings. The molecule has 1 unspecified atom stereocenters. The Morgan fingerprint density at radius 2 is 2.32 bits per heavy atom. The third-order valence-electron chi connectivity index (χ3n) is 3.01. The van der Waals surface area contributed by atoms with Gasteiger partial charge in [0.1, 0.15) is 5.76 Å². The molecule has 1 rings (SSSR count). The van der Waals surface area contributed by atoms with Gasteiger partial charge in [-0.05, 0) is 13.0 Å². The number of alkyl halides is 1. The van der Waals surface area contributed by atoms with Gasteiger partial charge in [0.25, 0.3) is 0 Å². The Morgan fingerprint density at radius 3 is 2.89 bits per heavy atom. The van der Waals surface area contributed by atoms with Crippen molar-refractivity contribution in [2.45, 2.75) is 19.4 Å². The van der Waals surface area contributed by atoms with E-state index in [1.165, 1.54) is 0 Å². The van der Waals surface area contributed by atoms with E-state index in [2.05, 4.69) is 23.7 Å². The molecule has 0 spiro atoms. The summed E-state index contributed by atoms with van der Waals surface area (Å²) in [6.45, 7) is 8.90. The standard InChI is InChI=1S/C14H22Cl2N2O/c1-11-10-18(7-6-17-11)14(8-12(2)19-3)9-13(16)4-5-15/h4,8,11,17H,2,5-7,9-10H2,1,3H3/b13-4+,14-8+. The van der Waals surface area contributed by atoms with E-state index in [1.807, 2.05) is 12.2 Å². The molecule has 5 heteroatoms. The molecule has 0 aromatic heterocycles. The Labute approximate surface area is 125 Å². The largest absolute Gasteiger partial charge is 0.497 e. The number of rotatable bonds is 6. The number of hydrogen-bond acceptors (Lipinski definition) is 3. The normalized spacial score (nSPS) is 21.5. The lowest BCUT2D eigenvalue weighted by atomic mass is 10.1. The van der Waals surface area contributed by atoms with Crippen molar-refractivity contribution in [1.82, 2.24) is 10.2 Å². The number of methoxy groups -OCH3 is 1. The van der Waals surface area contributed by atoms with Gasteiger partial charge in [-0.2, -0.15) is 0 Å². The number of nitrogens with one attached hydrogen (secondary N) is 1. The van der Waals surface area contributed by atoms with Gasteiger partial charge in [-0.25, -0.2) is 0 Å². The molecule has 0 saturated carbocycles. The van der Waals surface area contributed by atoms with E-state index >= 15 is 0 Å². The molecule has 0 aliphatic carbocycles. The van der Waals surface area contributed by atoms with Crippen LogP contribution in [0.1, 0.15) is 13.3 Å². The van der Waals surface area contributed by atoms with Gasteiger partial charge in [0.2, 0.25) is 0 Å². The maximum absolute atomic E-state index is 6.18. The first-order valence-electron chi connectivity index (χ1n) is 6.39. The first kappa shape index (κ1) is 16.4. The fraction of sp³-hybridized carbons (Fsp3) is 0.571. The Hall–Kier alpha value is -0.640. The van der Waals surface area contributed by atoms with Crippen molar-refractivity contribution in [2.24, 2.45) is 0 Å². The van der Waals surface area contributed by atoms with Crippen molar-refractivity contribution in [2.75, 3.05) is 32.6 Å². The van der Waals surface area contributed by atoms with Gasteiger partial charge >= 0.3 is 0 Å². The van der Waals surface area contributed by atoms with Crippen LogP contribution in [0.4, 0.5) is 0 Å². The molecule has 108 valence electrons. The Morgan fingerprint density at radius 1 is 1.58 bits per heavy atom. The molecule has 1 N–H and O–H groups in total. The highest BCUT2D eigenvalue weighted by atomic mass is 35.5. The fourth-order valence-corrected chi connectivity index (χ4v) is 2.50. The van der Waals surface area contributed by atoms with E-state index in [9.17, 15) is 0 Å². The van der Waals surface area contributed by atoms with Crippen LogP contribution < -0.4 is 5.32 Å². The number of halogens is 2. The predicted octanol–water partition coefficient (Wildman–Crippen LogP) is 3.08. The fourth-order valence-electron chi connectivity index (χ4n) is 2.02. The zero-order valence-corrected chi connectivity index (χ0v) is 13.1. The molecule has 0 amide bonds. The van der Waals surface area contributed by atoms with Gasteiger partial charge in [0, 0.05) is 48.7 Å². The second-order valence-corrected chi connectivity index (χ2v) is 5.38. The van der Waals surface area contributed by atoms with Gasteiger partial charge in [0.05, 0.1) is 7.11 Å². The Bertz CT molecular complexity index is 366. The third kappa shape index (κ3) is 5.89. The number of hydrogen-bond donors (Lipinski definition) is 1. The summed E-state index contributed by atoms with van der Waals surface area (Å²) in [6, 6.07) is 0.462. The summed E-state index contributed by atoms with van der Waals surface area (Å²) in [5.74, 6) is 1.06. The summed E-state index contributed by atoms with van der Waals surface area (Å²) >= 11 is 11.9. The van der Waals surface area contributed by atoms with E-state index in [0.29, 0.717) is 24.1 Å². The second kappa shape index (κ2) is 8.51. The minimum Gasteiger partial charge on any atom is -0.497 e. The maximum Gasteiger partial charge on any atom is 0.113 e. The smallest absolute Gasteiger partial charge is 0.113 e. The van der Waals surface area contributed by atoms with Crippen LogP contribution in [0.15, 0.2) is 35.2 Å². The first-order chi connectivity index (χ1) is 9.06. The molecule has 1 aliphatic rings. The average molecular weight is 305 g/mol. The van der Waals surface area contributed by atoms with E-state index < -0.39 is 0 Å². The van der Waals surface area contributed by atoms with Gasteiger partial charge in [-0.3, -0.25) is 0 Å². The zero-order valence-electron chi connectivity index (χ0n) is 11.6. The molecule has 1 saturated heterocycles. The summed E-state index contributed by atoms with van der Waals surface area (Å²) in [6.07, 6.45) is 4.42. The predicted molar refractivity (Wildman–Crippen MR) is 82.5 cm³/mol. The highest BCUT2D eigenvalue weighted by molar-refractivity contribution is 6.30. The first-order valence-corrected chi connectivity index (χ1v) is 7.30. The minimum atomic E-state index is 0.426. The van der Waals surface area contributed by atoms with Gasteiger partial charge in [-0.1, -0.05) is 24.3 Å². The van der Waals surface area contributed by atoms with Crippen LogP contribution in [-0.4, -0.2) is 43.6 Å². The van der Waals surface area contributed by atoms with E-state index in [4.69, 9.17) is 27.9 Å². The Kier molecular flexibility index (Phi) is 7.36. The van der Waals surface area contributed by atoms with Crippen LogP contribution in [-0.2, 0) is 4.74 Å². The molecule has 1 aliphatic heterocycles. The quantitative estimate of drug-likeness (QED) is 0.464. The van der Waals surface area contributed by atoms with Crippen molar-refractivity contribution >= 4 is 23.2 Å². The van der Waals surface area contributed by atoms with E-state index in [0.717, 1.165) is 30.4 Å². The number of allylic oxidation sites excluding steroid dienone is 3. The van der Waals surface area contributed by atoms with Crippen molar-refractivity contribution in [3.8, 4) is 0 Å². The van der Waals surface area contributed by atoms with E-state index in [-0.39, 0.29) is 0 Å². The lowest BCUT2D eigenvalue weighted by Crippen LogP contribution is -2.48. The summed E-state index contributed by atoms with van der Waals surface area (Å²) in [4.78, 5) is 2.32. The molecule has 19 heavy (non-hydrogen) atoms. The van der Waals surface area contributed by atoms with E-state index in [1.54, 1.807) is 7.11 Å². The summed E-state index contributed by atoms with van der Waals surface area (Å²) < 4.78 is 5.14. The molecular formula is C14H22Cl2N2O.